The minimum atomic E-state index is 0.240. The molecule has 0 bridgehead atoms. The summed E-state index contributed by atoms with van der Waals surface area (Å²) in [5, 5.41) is 0. The van der Waals surface area contributed by atoms with E-state index >= 15 is 0 Å². The normalized spacial score (nSPS) is 12.5. The van der Waals surface area contributed by atoms with Crippen molar-refractivity contribution in [1.82, 2.24) is 0 Å². The summed E-state index contributed by atoms with van der Waals surface area (Å²) in [7, 11) is 1.68. The molecule has 0 heterocycles. The highest BCUT2D eigenvalue weighted by molar-refractivity contribution is 5.52. The number of benzene rings is 1. The molecule has 0 aliphatic carbocycles. The molecule has 1 heteroatoms. The number of rotatable bonds is 3. The van der Waals surface area contributed by atoms with Crippen LogP contribution in [0.5, 0.6) is 5.75 Å². The third-order valence-corrected chi connectivity index (χ3v) is 2.11. The SMILES string of the molecule is COc1ccc(/C=C/C=C/C(C)(C)C)cc1. The van der Waals surface area contributed by atoms with Crippen LogP contribution in [0.3, 0.4) is 0 Å². The predicted octanol–water partition coefficient (Wildman–Crippen LogP) is 4.31. The van der Waals surface area contributed by atoms with Crippen LogP contribution in [0.25, 0.3) is 6.08 Å². The van der Waals surface area contributed by atoms with Crippen molar-refractivity contribution in [3.63, 3.8) is 0 Å². The maximum absolute atomic E-state index is 5.10. The molecule has 0 aliphatic rings. The van der Waals surface area contributed by atoms with E-state index in [0.29, 0.717) is 0 Å². The van der Waals surface area contributed by atoms with E-state index in [-0.39, 0.29) is 5.41 Å². The van der Waals surface area contributed by atoms with Crippen LogP contribution in [0, 0.1) is 5.41 Å². The van der Waals surface area contributed by atoms with Crippen molar-refractivity contribution in [2.45, 2.75) is 20.8 Å². The molecule has 0 radical (unpaired) electrons. The first-order valence-electron chi connectivity index (χ1n) is 5.51. The lowest BCUT2D eigenvalue weighted by Crippen LogP contribution is -1.97. The Bertz CT molecular complexity index is 363. The van der Waals surface area contributed by atoms with Gasteiger partial charge in [-0.25, -0.2) is 0 Å². The molecular weight excluding hydrogens is 196 g/mol. The Hall–Kier alpha value is -1.50. The van der Waals surface area contributed by atoms with E-state index < -0.39 is 0 Å². The zero-order valence-corrected chi connectivity index (χ0v) is 10.5. The quantitative estimate of drug-likeness (QED) is 0.684. The van der Waals surface area contributed by atoms with Crippen molar-refractivity contribution in [2.24, 2.45) is 5.41 Å². The van der Waals surface area contributed by atoms with Gasteiger partial charge >= 0.3 is 0 Å². The third kappa shape index (κ3) is 4.83. The van der Waals surface area contributed by atoms with E-state index in [0.717, 1.165) is 5.75 Å². The molecule has 0 aromatic heterocycles. The Balaban J connectivity index is 2.60. The van der Waals surface area contributed by atoms with Gasteiger partial charge in [0.1, 0.15) is 5.75 Å². The molecule has 1 aromatic rings. The average Bonchev–Trinajstić information content (AvgIpc) is 2.24. The second-order valence-electron chi connectivity index (χ2n) is 4.86. The minimum absolute atomic E-state index is 0.240. The van der Waals surface area contributed by atoms with Crippen LogP contribution in [-0.2, 0) is 0 Å². The fraction of sp³-hybridized carbons (Fsp3) is 0.333. The van der Waals surface area contributed by atoms with E-state index in [1.807, 2.05) is 24.3 Å². The maximum Gasteiger partial charge on any atom is 0.118 e. The molecule has 0 unspecified atom stereocenters. The standard InChI is InChI=1S/C15H20O/c1-15(2,3)12-6-5-7-13-8-10-14(16-4)11-9-13/h5-12H,1-4H3/b7-5+,12-6+. The first-order valence-corrected chi connectivity index (χ1v) is 5.51. The fourth-order valence-corrected chi connectivity index (χ4v) is 1.23. The van der Waals surface area contributed by atoms with Crippen LogP contribution in [0.2, 0.25) is 0 Å². The molecule has 0 atom stereocenters. The Morgan fingerprint density at radius 3 is 2.12 bits per heavy atom. The van der Waals surface area contributed by atoms with Crippen LogP contribution >= 0.6 is 0 Å². The molecule has 0 spiro atoms. The van der Waals surface area contributed by atoms with Gasteiger partial charge in [0.15, 0.2) is 0 Å². The molecule has 16 heavy (non-hydrogen) atoms. The highest BCUT2D eigenvalue weighted by atomic mass is 16.5. The Labute approximate surface area is 98.5 Å². The molecule has 1 rings (SSSR count). The summed E-state index contributed by atoms with van der Waals surface area (Å²) in [6.45, 7) is 6.56. The summed E-state index contributed by atoms with van der Waals surface area (Å²) in [5.41, 5.74) is 1.42. The molecule has 86 valence electrons. The Morgan fingerprint density at radius 2 is 1.62 bits per heavy atom. The van der Waals surface area contributed by atoms with E-state index in [4.69, 9.17) is 4.74 Å². The molecule has 0 aliphatic heterocycles. The van der Waals surface area contributed by atoms with E-state index in [9.17, 15) is 0 Å². The lowest BCUT2D eigenvalue weighted by atomic mass is 9.96. The van der Waals surface area contributed by atoms with Crippen molar-refractivity contribution >= 4 is 6.08 Å². The number of methoxy groups -OCH3 is 1. The largest absolute Gasteiger partial charge is 0.497 e. The van der Waals surface area contributed by atoms with E-state index in [2.05, 4.69) is 45.1 Å². The molecule has 0 amide bonds. The number of hydrogen-bond donors (Lipinski definition) is 0. The molecule has 1 nitrogen and oxygen atoms in total. The van der Waals surface area contributed by atoms with Gasteiger partial charge in [0.25, 0.3) is 0 Å². The predicted molar refractivity (Wildman–Crippen MR) is 70.6 cm³/mol. The summed E-state index contributed by atoms with van der Waals surface area (Å²) in [6.07, 6.45) is 8.42. The van der Waals surface area contributed by atoms with Gasteiger partial charge in [-0.15, -0.1) is 0 Å². The Kier molecular flexibility index (Phi) is 4.36. The van der Waals surface area contributed by atoms with E-state index in [1.54, 1.807) is 7.11 Å². The second-order valence-corrected chi connectivity index (χ2v) is 4.86. The zero-order chi connectivity index (χ0) is 12.0. The third-order valence-electron chi connectivity index (χ3n) is 2.11. The van der Waals surface area contributed by atoms with Crippen molar-refractivity contribution < 1.29 is 4.74 Å². The molecule has 0 saturated carbocycles. The smallest absolute Gasteiger partial charge is 0.118 e. The maximum atomic E-state index is 5.10. The van der Waals surface area contributed by atoms with Crippen molar-refractivity contribution in [1.29, 1.82) is 0 Å². The van der Waals surface area contributed by atoms with Gasteiger partial charge in [0, 0.05) is 0 Å². The molecule has 0 saturated heterocycles. The van der Waals surface area contributed by atoms with Gasteiger partial charge in [0.2, 0.25) is 0 Å². The number of ether oxygens (including phenoxy) is 1. The summed E-state index contributed by atoms with van der Waals surface area (Å²) in [4.78, 5) is 0. The van der Waals surface area contributed by atoms with Crippen molar-refractivity contribution in [2.75, 3.05) is 7.11 Å². The van der Waals surface area contributed by atoms with Gasteiger partial charge in [0.05, 0.1) is 7.11 Å². The molecule has 0 fully saturated rings. The number of hydrogen-bond acceptors (Lipinski definition) is 1. The summed E-state index contributed by atoms with van der Waals surface area (Å²) >= 11 is 0. The first-order chi connectivity index (χ1) is 7.51. The summed E-state index contributed by atoms with van der Waals surface area (Å²) in [6, 6.07) is 8.01. The monoisotopic (exact) mass is 216 g/mol. The van der Waals surface area contributed by atoms with Gasteiger partial charge in [-0.1, -0.05) is 57.2 Å². The minimum Gasteiger partial charge on any atom is -0.497 e. The van der Waals surface area contributed by atoms with Crippen molar-refractivity contribution in [3.8, 4) is 5.75 Å². The van der Waals surface area contributed by atoms with Gasteiger partial charge in [-0.2, -0.15) is 0 Å². The summed E-state index contributed by atoms with van der Waals surface area (Å²) < 4.78 is 5.10. The molecular formula is C15H20O. The van der Waals surface area contributed by atoms with E-state index in [1.165, 1.54) is 5.56 Å². The Morgan fingerprint density at radius 1 is 1.00 bits per heavy atom. The van der Waals surface area contributed by atoms with Gasteiger partial charge in [-0.05, 0) is 23.1 Å². The molecule has 0 N–H and O–H groups in total. The highest BCUT2D eigenvalue weighted by Gasteiger charge is 2.01. The fourth-order valence-electron chi connectivity index (χ4n) is 1.23. The van der Waals surface area contributed by atoms with Crippen LogP contribution in [0.1, 0.15) is 26.3 Å². The van der Waals surface area contributed by atoms with Gasteiger partial charge in [-0.3, -0.25) is 0 Å². The lowest BCUT2D eigenvalue weighted by Gasteiger charge is -2.09. The summed E-state index contributed by atoms with van der Waals surface area (Å²) in [5.74, 6) is 0.891. The van der Waals surface area contributed by atoms with Crippen molar-refractivity contribution in [3.05, 3.63) is 48.1 Å². The average molecular weight is 216 g/mol. The first kappa shape index (κ1) is 12.6. The van der Waals surface area contributed by atoms with Gasteiger partial charge < -0.3 is 4.74 Å². The van der Waals surface area contributed by atoms with Crippen LogP contribution in [0.15, 0.2) is 42.5 Å². The number of allylic oxidation sites excluding steroid dienone is 3. The zero-order valence-electron chi connectivity index (χ0n) is 10.5. The second kappa shape index (κ2) is 5.55. The van der Waals surface area contributed by atoms with Crippen LogP contribution in [0.4, 0.5) is 0 Å². The molecule has 1 aromatic carbocycles. The van der Waals surface area contributed by atoms with Crippen LogP contribution in [-0.4, -0.2) is 7.11 Å². The van der Waals surface area contributed by atoms with Crippen LogP contribution < -0.4 is 4.74 Å². The topological polar surface area (TPSA) is 9.23 Å². The lowest BCUT2D eigenvalue weighted by molar-refractivity contribution is 0.415. The highest BCUT2D eigenvalue weighted by Crippen LogP contribution is 2.15.